The average Bonchev–Trinajstić information content (AvgIpc) is 3.29. The van der Waals surface area contributed by atoms with Gasteiger partial charge in [-0.15, -0.1) is 0 Å². The molecule has 0 bridgehead atoms. The Morgan fingerprint density at radius 2 is 0.295 bits per heavy atom. The van der Waals surface area contributed by atoms with Crippen molar-refractivity contribution in [3.63, 3.8) is 0 Å². The molecular weight excluding hydrogens is 1180 g/mol. The van der Waals surface area contributed by atoms with Crippen LogP contribution in [0.25, 0.3) is 0 Å². The van der Waals surface area contributed by atoms with E-state index in [1.54, 1.807) is 130 Å². The molecule has 0 N–H and O–H groups in total. The first kappa shape index (κ1) is 64.4. The Morgan fingerprint density at radius 1 is 0.180 bits per heavy atom. The molecular formula is C56H124SiSn4. The Balaban J connectivity index is 8.06. The third kappa shape index (κ3) is 28.6. The van der Waals surface area contributed by atoms with Crippen molar-refractivity contribution in [2.24, 2.45) is 0 Å². The second-order valence-corrected chi connectivity index (χ2v) is 84.8. The van der Waals surface area contributed by atoms with E-state index in [-0.39, 0.29) is 0 Å². The quantitative estimate of drug-likeness (QED) is 0.0533. The van der Waals surface area contributed by atoms with Crippen LogP contribution in [0.15, 0.2) is 0 Å². The van der Waals surface area contributed by atoms with E-state index in [4.69, 9.17) is 0 Å². The van der Waals surface area contributed by atoms with E-state index in [0.29, 0.717) is 0 Å². The van der Waals surface area contributed by atoms with Crippen molar-refractivity contribution in [1.82, 2.24) is 0 Å². The van der Waals surface area contributed by atoms with Crippen molar-refractivity contribution in [2.45, 2.75) is 332 Å². The molecule has 0 aromatic carbocycles. The molecule has 0 unspecified atom stereocenters. The fraction of sp³-hybridized carbons (Fsp3) is 1.00. The van der Waals surface area contributed by atoms with E-state index in [1.165, 1.54) is 77.0 Å². The van der Waals surface area contributed by atoms with Gasteiger partial charge in [0.05, 0.1) is 0 Å². The molecule has 0 rings (SSSR count). The summed E-state index contributed by atoms with van der Waals surface area (Å²) in [6, 6.07) is 7.47. The van der Waals surface area contributed by atoms with E-state index in [2.05, 4.69) is 83.1 Å². The van der Waals surface area contributed by atoms with E-state index in [9.17, 15) is 0 Å². The maximum absolute atomic E-state index is 2.54. The van der Waals surface area contributed by atoms with Gasteiger partial charge in [-0.1, -0.05) is 0 Å². The molecule has 0 aromatic rings. The SMILES string of the molecule is CCC[CH2][Sn]([CH2]CCC)([CH2]CCC)[CH2]C[Si](C[CH2][Sn]([CH2]CCC)([CH2]CCC)[CH2]CCC)(C[CH2][Sn]([CH2]CCC)([CH2]CCC)[CH2]CCC)C[CH2][Sn]([CH2]CCC)([CH2]CCC)[CH2]CCC. The van der Waals surface area contributed by atoms with Crippen LogP contribution < -0.4 is 0 Å². The predicted octanol–water partition coefficient (Wildman–Crippen LogP) is 22.8. The van der Waals surface area contributed by atoms with Crippen molar-refractivity contribution >= 4 is 81.6 Å². The number of hydrogen-bond donors (Lipinski definition) is 0. The minimum atomic E-state index is -2.29. The summed E-state index contributed by atoms with van der Waals surface area (Å²) in [6.45, 7) is 30.4. The summed E-state index contributed by atoms with van der Waals surface area (Å²) in [5, 5.41) is 0. The van der Waals surface area contributed by atoms with Crippen LogP contribution in [0.2, 0.25) is 95.2 Å². The van der Waals surface area contributed by atoms with Gasteiger partial charge in [-0.2, -0.15) is 0 Å². The Labute approximate surface area is 409 Å². The normalized spacial score (nSPS) is 13.2. The Hall–Kier alpha value is 3.41. The standard InChI is InChI=1S/C8H16Si.12C4H9.4Sn/c1-5-9(6-2,7-3)8-4;12*1-3-4-2;;;;/h1-8H2;12*1,3-4H2,2H3;;;;. The van der Waals surface area contributed by atoms with Crippen molar-refractivity contribution in [3.05, 3.63) is 0 Å². The molecule has 0 amide bonds. The topological polar surface area (TPSA) is 0 Å². The molecule has 0 saturated carbocycles. The van der Waals surface area contributed by atoms with Crippen LogP contribution in [0.3, 0.4) is 0 Å². The van der Waals surface area contributed by atoms with Gasteiger partial charge < -0.3 is 0 Å². The molecule has 0 aliphatic heterocycles. The van der Waals surface area contributed by atoms with E-state index in [1.807, 2.05) is 41.9 Å². The van der Waals surface area contributed by atoms with E-state index < -0.39 is 81.6 Å². The van der Waals surface area contributed by atoms with Gasteiger partial charge in [0.25, 0.3) is 0 Å². The van der Waals surface area contributed by atoms with E-state index in [0.717, 1.165) is 0 Å². The molecule has 368 valence electrons. The molecule has 0 nitrogen and oxygen atoms in total. The van der Waals surface area contributed by atoms with E-state index >= 15 is 0 Å². The van der Waals surface area contributed by atoms with Gasteiger partial charge in [0, 0.05) is 0 Å². The summed E-state index contributed by atoms with van der Waals surface area (Å²) in [7, 11) is -1.50. The van der Waals surface area contributed by atoms with Gasteiger partial charge in [0.15, 0.2) is 0 Å². The van der Waals surface area contributed by atoms with Gasteiger partial charge in [0.2, 0.25) is 0 Å². The van der Waals surface area contributed by atoms with Crippen LogP contribution in [0.1, 0.15) is 237 Å². The third-order valence-corrected chi connectivity index (χ3v) is 91.8. The first-order valence-electron chi connectivity index (χ1n) is 29.6. The van der Waals surface area contributed by atoms with Gasteiger partial charge >= 0.3 is 414 Å². The van der Waals surface area contributed by atoms with Gasteiger partial charge in [-0.3, -0.25) is 0 Å². The second kappa shape index (κ2) is 41.2. The van der Waals surface area contributed by atoms with Crippen molar-refractivity contribution in [3.8, 4) is 0 Å². The fourth-order valence-corrected chi connectivity index (χ4v) is 109. The molecule has 0 atom stereocenters. The van der Waals surface area contributed by atoms with Crippen LogP contribution in [-0.2, 0) is 0 Å². The summed E-state index contributed by atoms with van der Waals surface area (Å²) >= 11 is -9.16. The maximum atomic E-state index is 2.54. The molecule has 0 fully saturated rings. The van der Waals surface area contributed by atoms with Crippen LogP contribution >= 0.6 is 0 Å². The zero-order valence-electron chi connectivity index (χ0n) is 45.6. The molecule has 0 aliphatic carbocycles. The van der Waals surface area contributed by atoms with Crippen molar-refractivity contribution in [1.29, 1.82) is 0 Å². The van der Waals surface area contributed by atoms with Gasteiger partial charge in [-0.05, 0) is 0 Å². The second-order valence-electron chi connectivity index (χ2n) is 22.7. The zero-order chi connectivity index (χ0) is 45.6. The minimum absolute atomic E-state index is 1.45. The first-order chi connectivity index (χ1) is 29.6. The monoisotopic (exact) mass is 1300 g/mol. The summed E-state index contributed by atoms with van der Waals surface area (Å²) in [5.41, 5.74) is 0. The molecule has 5 heteroatoms. The zero-order valence-corrected chi connectivity index (χ0v) is 58.0. The predicted molar refractivity (Wildman–Crippen MR) is 304 cm³/mol. The third-order valence-electron chi connectivity index (χ3n) is 17.5. The van der Waals surface area contributed by atoms with Crippen LogP contribution in [0.5, 0.6) is 0 Å². The summed E-state index contributed by atoms with van der Waals surface area (Å²) in [5.74, 6) is 0. The van der Waals surface area contributed by atoms with Crippen molar-refractivity contribution in [2.75, 3.05) is 0 Å². The number of unbranched alkanes of at least 4 members (excludes halogenated alkanes) is 12. The molecule has 0 aromatic heterocycles. The molecule has 0 aliphatic rings. The first-order valence-corrected chi connectivity index (χ1v) is 64.7. The Kier molecular flexibility index (Phi) is 43.5. The molecule has 61 heavy (non-hydrogen) atoms. The Morgan fingerprint density at radius 3 is 0.393 bits per heavy atom. The molecule has 0 saturated heterocycles. The van der Waals surface area contributed by atoms with Crippen LogP contribution in [-0.4, -0.2) is 81.6 Å². The van der Waals surface area contributed by atoms with Crippen molar-refractivity contribution < 1.29 is 0 Å². The van der Waals surface area contributed by atoms with Crippen LogP contribution in [0.4, 0.5) is 0 Å². The summed E-state index contributed by atoms with van der Waals surface area (Å²) in [4.78, 5) is 0. The average molecular weight is 1300 g/mol. The van der Waals surface area contributed by atoms with Crippen LogP contribution in [0, 0.1) is 0 Å². The fourth-order valence-electron chi connectivity index (χ4n) is 12.5. The Bertz CT molecular complexity index is 701. The number of rotatable bonds is 48. The molecule has 0 heterocycles. The van der Waals surface area contributed by atoms with Gasteiger partial charge in [-0.25, -0.2) is 0 Å². The molecule has 0 spiro atoms. The summed E-state index contributed by atoms with van der Waals surface area (Å²) in [6.07, 6.45) is 36.4. The summed E-state index contributed by atoms with van der Waals surface area (Å²) < 4.78 is 28.7. The van der Waals surface area contributed by atoms with Gasteiger partial charge in [0.1, 0.15) is 0 Å². The number of hydrogen-bond acceptors (Lipinski definition) is 0. The molecule has 0 radical (unpaired) electrons.